The summed E-state index contributed by atoms with van der Waals surface area (Å²) in [5, 5.41) is 6.25. The zero-order chi connectivity index (χ0) is 15.1. The summed E-state index contributed by atoms with van der Waals surface area (Å²) in [5.74, 6) is 1.08. The van der Waals surface area contributed by atoms with Crippen LogP contribution in [0, 0.1) is 0 Å². The van der Waals surface area contributed by atoms with Crippen molar-refractivity contribution in [3.8, 4) is 0 Å². The van der Waals surface area contributed by atoms with Crippen molar-refractivity contribution < 1.29 is 9.53 Å². The smallest absolute Gasteiger partial charge is 0.256 e. The highest BCUT2D eigenvalue weighted by Gasteiger charge is 2.39. The molecule has 1 aromatic rings. The molecule has 2 rings (SSSR count). The van der Waals surface area contributed by atoms with Crippen LogP contribution >= 0.6 is 11.8 Å². The molecule has 1 aromatic carbocycles. The van der Waals surface area contributed by atoms with E-state index in [1.165, 1.54) is 5.56 Å². The summed E-state index contributed by atoms with van der Waals surface area (Å²) in [6, 6.07) is 8.09. The highest BCUT2D eigenvalue weighted by atomic mass is 32.2. The van der Waals surface area contributed by atoms with Gasteiger partial charge in [0.25, 0.3) is 5.91 Å². The minimum Gasteiger partial charge on any atom is -0.368 e. The number of amides is 1. The van der Waals surface area contributed by atoms with Crippen LogP contribution in [-0.2, 0) is 16.0 Å². The number of carbonyl (C=O) groups excluding carboxylic acids is 1. The molecule has 0 radical (unpaired) electrons. The van der Waals surface area contributed by atoms with E-state index in [0.717, 1.165) is 31.0 Å². The molecule has 1 aliphatic heterocycles. The van der Waals surface area contributed by atoms with Crippen LogP contribution in [-0.4, -0.2) is 43.7 Å². The second kappa shape index (κ2) is 7.82. The largest absolute Gasteiger partial charge is 0.368 e. The van der Waals surface area contributed by atoms with Crippen molar-refractivity contribution >= 4 is 23.4 Å². The molecule has 0 bridgehead atoms. The molecule has 1 saturated heterocycles. The SMILES string of the molecule is COC1(C(=O)Nc2ccc(CCSC)cc2)CCNCC1. The highest BCUT2D eigenvalue weighted by Crippen LogP contribution is 2.24. The Morgan fingerprint density at radius 3 is 2.57 bits per heavy atom. The van der Waals surface area contributed by atoms with E-state index in [-0.39, 0.29) is 5.91 Å². The average Bonchev–Trinajstić information content (AvgIpc) is 2.54. The van der Waals surface area contributed by atoms with Gasteiger partial charge in [0.1, 0.15) is 5.60 Å². The quantitative estimate of drug-likeness (QED) is 0.847. The Morgan fingerprint density at radius 2 is 2.00 bits per heavy atom. The Bertz CT molecular complexity index is 456. The maximum atomic E-state index is 12.5. The molecule has 0 saturated carbocycles. The number of hydrogen-bond donors (Lipinski definition) is 2. The lowest BCUT2D eigenvalue weighted by Gasteiger charge is -2.34. The van der Waals surface area contributed by atoms with Crippen LogP contribution in [0.25, 0.3) is 0 Å². The third-order valence-corrected chi connectivity index (χ3v) is 4.63. The molecular weight excluding hydrogens is 284 g/mol. The maximum Gasteiger partial charge on any atom is 0.256 e. The zero-order valence-electron chi connectivity index (χ0n) is 12.8. The number of piperidine rings is 1. The van der Waals surface area contributed by atoms with E-state index in [1.54, 1.807) is 7.11 Å². The van der Waals surface area contributed by atoms with E-state index in [4.69, 9.17) is 4.74 Å². The predicted octanol–water partition coefficient (Wildman–Crippen LogP) is 2.30. The fourth-order valence-corrected chi connectivity index (χ4v) is 3.01. The lowest BCUT2D eigenvalue weighted by molar-refractivity contribution is -0.140. The lowest BCUT2D eigenvalue weighted by atomic mass is 9.91. The first-order valence-electron chi connectivity index (χ1n) is 7.35. The average molecular weight is 308 g/mol. The zero-order valence-corrected chi connectivity index (χ0v) is 13.6. The maximum absolute atomic E-state index is 12.5. The van der Waals surface area contributed by atoms with E-state index >= 15 is 0 Å². The summed E-state index contributed by atoms with van der Waals surface area (Å²) in [6.45, 7) is 1.63. The van der Waals surface area contributed by atoms with Crippen molar-refractivity contribution in [2.45, 2.75) is 24.9 Å². The normalized spacial score (nSPS) is 17.4. The van der Waals surface area contributed by atoms with Crippen LogP contribution < -0.4 is 10.6 Å². The van der Waals surface area contributed by atoms with Gasteiger partial charge < -0.3 is 15.4 Å². The van der Waals surface area contributed by atoms with Crippen LogP contribution in [0.5, 0.6) is 0 Å². The van der Waals surface area contributed by atoms with Gasteiger partial charge in [-0.15, -0.1) is 0 Å². The molecule has 116 valence electrons. The summed E-state index contributed by atoms with van der Waals surface area (Å²) in [5.41, 5.74) is 1.44. The molecule has 0 aromatic heterocycles. The standard InChI is InChI=1S/C16H24N2O2S/c1-20-16(8-10-17-11-9-16)15(19)18-14-5-3-13(4-6-14)7-12-21-2/h3-6,17H,7-12H2,1-2H3,(H,18,19). The molecule has 5 heteroatoms. The lowest BCUT2D eigenvalue weighted by Crippen LogP contribution is -2.51. The van der Waals surface area contributed by atoms with Crippen molar-refractivity contribution in [2.24, 2.45) is 0 Å². The first kappa shape index (κ1) is 16.3. The number of aryl methyl sites for hydroxylation is 1. The van der Waals surface area contributed by atoms with E-state index in [1.807, 2.05) is 23.9 Å². The summed E-state index contributed by atoms with van der Waals surface area (Å²) < 4.78 is 5.53. The van der Waals surface area contributed by atoms with Crippen molar-refractivity contribution in [2.75, 3.05) is 37.5 Å². The molecule has 1 amide bonds. The molecular formula is C16H24N2O2S. The van der Waals surface area contributed by atoms with E-state index < -0.39 is 5.60 Å². The Balaban J connectivity index is 1.98. The van der Waals surface area contributed by atoms with Crippen molar-refractivity contribution in [1.29, 1.82) is 0 Å². The minimum absolute atomic E-state index is 0.0386. The number of thioether (sulfide) groups is 1. The molecule has 0 atom stereocenters. The molecule has 0 unspecified atom stereocenters. The summed E-state index contributed by atoms with van der Waals surface area (Å²) in [4.78, 5) is 12.5. The molecule has 2 N–H and O–H groups in total. The van der Waals surface area contributed by atoms with Crippen LogP contribution in [0.4, 0.5) is 5.69 Å². The molecule has 21 heavy (non-hydrogen) atoms. The van der Waals surface area contributed by atoms with Crippen LogP contribution in [0.2, 0.25) is 0 Å². The molecule has 0 spiro atoms. The Kier molecular flexibility index (Phi) is 6.08. The van der Waals surface area contributed by atoms with Gasteiger partial charge in [-0.05, 0) is 62.1 Å². The van der Waals surface area contributed by atoms with E-state index in [0.29, 0.717) is 12.8 Å². The Hall–Kier alpha value is -1.04. The number of ether oxygens (including phenoxy) is 1. The molecule has 0 aliphatic carbocycles. The first-order chi connectivity index (χ1) is 10.2. The van der Waals surface area contributed by atoms with Gasteiger partial charge in [-0.3, -0.25) is 4.79 Å². The topological polar surface area (TPSA) is 50.4 Å². The predicted molar refractivity (Wildman–Crippen MR) is 89.0 cm³/mol. The minimum atomic E-state index is -0.692. The first-order valence-corrected chi connectivity index (χ1v) is 8.75. The number of nitrogens with one attached hydrogen (secondary N) is 2. The molecule has 1 fully saturated rings. The van der Waals surface area contributed by atoms with Gasteiger partial charge >= 0.3 is 0 Å². The fraction of sp³-hybridized carbons (Fsp3) is 0.562. The molecule has 1 heterocycles. The van der Waals surface area contributed by atoms with Crippen molar-refractivity contribution in [1.82, 2.24) is 5.32 Å². The fourth-order valence-electron chi connectivity index (χ4n) is 2.57. The van der Waals surface area contributed by atoms with Crippen molar-refractivity contribution in [3.63, 3.8) is 0 Å². The Morgan fingerprint density at radius 1 is 1.33 bits per heavy atom. The van der Waals surface area contributed by atoms with Crippen LogP contribution in [0.15, 0.2) is 24.3 Å². The summed E-state index contributed by atoms with van der Waals surface area (Å²) >= 11 is 1.84. The monoisotopic (exact) mass is 308 g/mol. The number of benzene rings is 1. The van der Waals surface area contributed by atoms with Crippen LogP contribution in [0.3, 0.4) is 0 Å². The summed E-state index contributed by atoms with van der Waals surface area (Å²) in [6.07, 6.45) is 4.59. The Labute approximate surface area is 131 Å². The third kappa shape index (κ3) is 4.22. The second-order valence-corrected chi connectivity index (χ2v) is 6.33. The third-order valence-electron chi connectivity index (χ3n) is 4.02. The van der Waals surface area contributed by atoms with Crippen LogP contribution in [0.1, 0.15) is 18.4 Å². The molecule has 4 nitrogen and oxygen atoms in total. The van der Waals surface area contributed by atoms with Gasteiger partial charge in [-0.25, -0.2) is 0 Å². The van der Waals surface area contributed by atoms with Gasteiger partial charge in [-0.1, -0.05) is 12.1 Å². The van der Waals surface area contributed by atoms with E-state index in [2.05, 4.69) is 29.0 Å². The van der Waals surface area contributed by atoms with Gasteiger partial charge in [-0.2, -0.15) is 11.8 Å². The van der Waals surface area contributed by atoms with E-state index in [9.17, 15) is 4.79 Å². The number of hydrogen-bond acceptors (Lipinski definition) is 4. The van der Waals surface area contributed by atoms with Gasteiger partial charge in [0, 0.05) is 12.8 Å². The van der Waals surface area contributed by atoms with Gasteiger partial charge in [0.15, 0.2) is 0 Å². The number of rotatable bonds is 6. The number of carbonyl (C=O) groups is 1. The van der Waals surface area contributed by atoms with Gasteiger partial charge in [0.2, 0.25) is 0 Å². The number of methoxy groups -OCH3 is 1. The summed E-state index contributed by atoms with van der Waals surface area (Å²) in [7, 11) is 1.62. The number of anilines is 1. The molecule has 1 aliphatic rings. The van der Waals surface area contributed by atoms with Gasteiger partial charge in [0.05, 0.1) is 0 Å². The second-order valence-electron chi connectivity index (χ2n) is 5.34. The highest BCUT2D eigenvalue weighted by molar-refractivity contribution is 7.98. The van der Waals surface area contributed by atoms with Crippen molar-refractivity contribution in [3.05, 3.63) is 29.8 Å².